The fourth-order valence-electron chi connectivity index (χ4n) is 2.99. The third-order valence-corrected chi connectivity index (χ3v) is 4.38. The first kappa shape index (κ1) is 18.5. The van der Waals surface area contributed by atoms with Crippen LogP contribution >= 0.6 is 0 Å². The van der Waals surface area contributed by atoms with Crippen LogP contribution in [0.15, 0.2) is 48.5 Å². The zero-order chi connectivity index (χ0) is 19.6. The number of hydrogen-bond donors (Lipinski definition) is 0. The van der Waals surface area contributed by atoms with Gasteiger partial charge in [0.05, 0.1) is 25.4 Å². The van der Waals surface area contributed by atoms with Crippen molar-refractivity contribution in [3.05, 3.63) is 65.4 Å². The highest BCUT2D eigenvalue weighted by Crippen LogP contribution is 2.34. The predicted molar refractivity (Wildman–Crippen MR) is 106 cm³/mol. The molecule has 0 atom stereocenters. The summed E-state index contributed by atoms with van der Waals surface area (Å²) in [6.07, 6.45) is 3.22. The van der Waals surface area contributed by atoms with Crippen molar-refractivity contribution in [2.24, 2.45) is 0 Å². The Morgan fingerprint density at radius 1 is 0.963 bits per heavy atom. The average molecular weight is 363 g/mol. The molecule has 2 aromatic carbocycles. The van der Waals surface area contributed by atoms with Crippen molar-refractivity contribution in [3.8, 4) is 11.5 Å². The molecule has 1 aromatic heterocycles. The quantitative estimate of drug-likeness (QED) is 0.494. The monoisotopic (exact) mass is 363 g/mol. The van der Waals surface area contributed by atoms with Gasteiger partial charge in [0.15, 0.2) is 11.5 Å². The normalized spacial score (nSPS) is 11.1. The van der Waals surface area contributed by atoms with E-state index in [1.54, 1.807) is 31.4 Å². The maximum atomic E-state index is 12.8. The Labute approximate surface area is 157 Å². The average Bonchev–Trinajstić information content (AvgIpc) is 3.04. The van der Waals surface area contributed by atoms with Gasteiger partial charge in [0.1, 0.15) is 0 Å². The summed E-state index contributed by atoms with van der Waals surface area (Å²) < 4.78 is 12.0. The predicted octanol–water partition coefficient (Wildman–Crippen LogP) is 4.52. The van der Waals surface area contributed by atoms with Gasteiger partial charge in [-0.25, -0.2) is 0 Å². The number of methoxy groups -OCH3 is 2. The number of ketones is 1. The summed E-state index contributed by atoms with van der Waals surface area (Å²) in [5.41, 5.74) is 2.98. The molecule has 5 heteroatoms. The number of aromatic nitrogens is 1. The van der Waals surface area contributed by atoms with E-state index in [1.165, 1.54) is 24.7 Å². The van der Waals surface area contributed by atoms with Gasteiger partial charge in [0.25, 0.3) is 0 Å². The van der Waals surface area contributed by atoms with Gasteiger partial charge in [0.2, 0.25) is 11.7 Å². The zero-order valence-electron chi connectivity index (χ0n) is 15.8. The minimum absolute atomic E-state index is 0.246. The van der Waals surface area contributed by atoms with Crippen molar-refractivity contribution in [2.75, 3.05) is 14.2 Å². The second kappa shape index (κ2) is 7.50. The van der Waals surface area contributed by atoms with Crippen LogP contribution in [0.5, 0.6) is 11.5 Å². The van der Waals surface area contributed by atoms with E-state index in [9.17, 15) is 9.59 Å². The van der Waals surface area contributed by atoms with Crippen LogP contribution < -0.4 is 9.47 Å². The Kier molecular flexibility index (Phi) is 5.12. The molecular formula is C22H21NO4. The second-order valence-corrected chi connectivity index (χ2v) is 6.26. The van der Waals surface area contributed by atoms with E-state index < -0.39 is 0 Å². The van der Waals surface area contributed by atoms with Gasteiger partial charge in [-0.1, -0.05) is 35.9 Å². The number of benzene rings is 2. The Balaban J connectivity index is 2.07. The van der Waals surface area contributed by atoms with E-state index in [1.807, 2.05) is 31.2 Å². The molecule has 0 aliphatic rings. The van der Waals surface area contributed by atoms with Crippen LogP contribution in [0.4, 0.5) is 0 Å². The van der Waals surface area contributed by atoms with E-state index in [0.29, 0.717) is 22.7 Å². The van der Waals surface area contributed by atoms with Crippen LogP contribution in [0, 0.1) is 6.92 Å². The van der Waals surface area contributed by atoms with E-state index in [-0.39, 0.29) is 11.7 Å². The maximum absolute atomic E-state index is 12.8. The van der Waals surface area contributed by atoms with Crippen molar-refractivity contribution in [2.45, 2.75) is 13.8 Å². The fourth-order valence-corrected chi connectivity index (χ4v) is 2.99. The number of carbonyl (C=O) groups excluding carboxylic acids is 2. The van der Waals surface area contributed by atoms with Gasteiger partial charge >= 0.3 is 0 Å². The van der Waals surface area contributed by atoms with Crippen LogP contribution in [0.3, 0.4) is 0 Å². The first-order valence-electron chi connectivity index (χ1n) is 8.52. The summed E-state index contributed by atoms with van der Waals surface area (Å²) in [7, 11) is 3.07. The van der Waals surface area contributed by atoms with Crippen LogP contribution in [-0.4, -0.2) is 30.5 Å². The van der Waals surface area contributed by atoms with Crippen LogP contribution in [0.1, 0.15) is 33.3 Å². The second-order valence-electron chi connectivity index (χ2n) is 6.26. The molecule has 0 spiro atoms. The molecule has 0 fully saturated rings. The molecule has 0 amide bonds. The summed E-state index contributed by atoms with van der Waals surface area (Å²) in [6, 6.07) is 13.0. The molecule has 138 valence electrons. The molecule has 27 heavy (non-hydrogen) atoms. The third kappa shape index (κ3) is 3.62. The Morgan fingerprint density at radius 3 is 2.19 bits per heavy atom. The molecule has 5 nitrogen and oxygen atoms in total. The SMILES string of the molecule is COc1cc2cc(C(=O)/C=C/c3ccc(C)cc3)n(C(C)=O)c2cc1OC. The Bertz CT molecular complexity index is 1040. The molecule has 3 aromatic rings. The smallest absolute Gasteiger partial charge is 0.228 e. The minimum Gasteiger partial charge on any atom is -0.493 e. The molecule has 0 aliphatic heterocycles. The number of rotatable bonds is 5. The van der Waals surface area contributed by atoms with E-state index >= 15 is 0 Å². The number of hydrogen-bond acceptors (Lipinski definition) is 4. The summed E-state index contributed by atoms with van der Waals surface area (Å²) in [4.78, 5) is 25.0. The van der Waals surface area contributed by atoms with E-state index in [2.05, 4.69) is 0 Å². The number of allylic oxidation sites excluding steroid dienone is 1. The fraction of sp³-hybridized carbons (Fsp3) is 0.182. The number of ether oxygens (including phenoxy) is 2. The molecule has 0 saturated carbocycles. The highest BCUT2D eigenvalue weighted by Gasteiger charge is 2.19. The molecule has 0 radical (unpaired) electrons. The zero-order valence-corrected chi connectivity index (χ0v) is 15.8. The van der Waals surface area contributed by atoms with E-state index in [0.717, 1.165) is 16.5 Å². The van der Waals surface area contributed by atoms with Crippen LogP contribution in [-0.2, 0) is 0 Å². The summed E-state index contributed by atoms with van der Waals surface area (Å²) in [5, 5.41) is 0.731. The lowest BCUT2D eigenvalue weighted by Crippen LogP contribution is -2.12. The van der Waals surface area contributed by atoms with Gasteiger partial charge in [-0.3, -0.25) is 14.2 Å². The Morgan fingerprint density at radius 2 is 1.59 bits per heavy atom. The lowest BCUT2D eigenvalue weighted by atomic mass is 10.1. The summed E-state index contributed by atoms with van der Waals surface area (Å²) in [5.74, 6) is 0.545. The lowest BCUT2D eigenvalue weighted by molar-refractivity contribution is 0.0920. The third-order valence-electron chi connectivity index (χ3n) is 4.38. The highest BCUT2D eigenvalue weighted by molar-refractivity contribution is 6.12. The van der Waals surface area contributed by atoms with Crippen molar-refractivity contribution >= 4 is 28.7 Å². The number of nitrogens with zero attached hydrogens (tertiary/aromatic N) is 1. The maximum Gasteiger partial charge on any atom is 0.228 e. The van der Waals surface area contributed by atoms with Gasteiger partial charge in [0, 0.05) is 18.4 Å². The van der Waals surface area contributed by atoms with Crippen molar-refractivity contribution in [3.63, 3.8) is 0 Å². The number of fused-ring (bicyclic) bond motifs is 1. The molecule has 1 heterocycles. The molecule has 0 N–H and O–H groups in total. The molecule has 0 unspecified atom stereocenters. The van der Waals surface area contributed by atoms with E-state index in [4.69, 9.17) is 9.47 Å². The van der Waals surface area contributed by atoms with Gasteiger partial charge < -0.3 is 9.47 Å². The van der Waals surface area contributed by atoms with Crippen molar-refractivity contribution < 1.29 is 19.1 Å². The molecule has 0 saturated heterocycles. The topological polar surface area (TPSA) is 57.5 Å². The number of aryl methyl sites for hydroxylation is 1. The summed E-state index contributed by atoms with van der Waals surface area (Å²) >= 11 is 0. The highest BCUT2D eigenvalue weighted by atomic mass is 16.5. The molecular weight excluding hydrogens is 342 g/mol. The number of carbonyl (C=O) groups is 2. The molecule has 3 rings (SSSR count). The Hall–Kier alpha value is -3.34. The van der Waals surface area contributed by atoms with Gasteiger partial charge in [-0.15, -0.1) is 0 Å². The lowest BCUT2D eigenvalue weighted by Gasteiger charge is -2.09. The molecule has 0 aliphatic carbocycles. The standard InChI is InChI=1S/C22H21NO4/c1-14-5-7-16(8-6-14)9-10-20(25)19-11-17-12-21(26-3)22(27-4)13-18(17)23(19)15(2)24/h5-13H,1-4H3/b10-9+. The minimum atomic E-state index is -0.250. The van der Waals surface area contributed by atoms with Gasteiger partial charge in [-0.05, 0) is 30.7 Å². The van der Waals surface area contributed by atoms with Gasteiger partial charge in [-0.2, -0.15) is 0 Å². The van der Waals surface area contributed by atoms with Crippen LogP contribution in [0.25, 0.3) is 17.0 Å². The first-order chi connectivity index (χ1) is 12.9. The largest absolute Gasteiger partial charge is 0.493 e. The van der Waals surface area contributed by atoms with Crippen molar-refractivity contribution in [1.29, 1.82) is 0 Å². The first-order valence-corrected chi connectivity index (χ1v) is 8.52. The van der Waals surface area contributed by atoms with Crippen molar-refractivity contribution in [1.82, 2.24) is 4.57 Å². The molecule has 0 bridgehead atoms. The summed E-state index contributed by atoms with van der Waals surface area (Å²) in [6.45, 7) is 3.43. The van der Waals surface area contributed by atoms with Crippen LogP contribution in [0.2, 0.25) is 0 Å².